The Morgan fingerprint density at radius 3 is 2.43 bits per heavy atom. The number of anilines is 1. The maximum Gasteiger partial charge on any atom is 0.0743 e. The van der Waals surface area contributed by atoms with E-state index in [1.165, 1.54) is 11.3 Å². The van der Waals surface area contributed by atoms with E-state index in [-0.39, 0.29) is 12.1 Å². The molecule has 0 radical (unpaired) electrons. The van der Waals surface area contributed by atoms with Crippen LogP contribution in [0.15, 0.2) is 24.3 Å². The molecule has 2 heteroatoms. The van der Waals surface area contributed by atoms with Gasteiger partial charge in [-0.15, -0.1) is 0 Å². The van der Waals surface area contributed by atoms with E-state index in [0.29, 0.717) is 11.3 Å². The van der Waals surface area contributed by atoms with Crippen molar-refractivity contribution in [2.24, 2.45) is 11.3 Å². The highest BCUT2D eigenvalue weighted by Crippen LogP contribution is 2.40. The second-order valence-corrected chi connectivity index (χ2v) is 7.58. The third kappa shape index (κ3) is 3.60. The van der Waals surface area contributed by atoms with Crippen LogP contribution < -0.4 is 4.90 Å². The van der Waals surface area contributed by atoms with Crippen LogP contribution in [0, 0.1) is 18.3 Å². The summed E-state index contributed by atoms with van der Waals surface area (Å²) in [5.41, 5.74) is 2.90. The van der Waals surface area contributed by atoms with Crippen LogP contribution in [-0.2, 0) is 0 Å². The van der Waals surface area contributed by atoms with E-state index in [0.717, 1.165) is 25.8 Å². The van der Waals surface area contributed by atoms with Crippen LogP contribution in [0.5, 0.6) is 0 Å². The highest BCUT2D eigenvalue weighted by molar-refractivity contribution is 5.54. The van der Waals surface area contributed by atoms with Gasteiger partial charge in [-0.05, 0) is 56.1 Å². The monoisotopic (exact) mass is 289 g/mol. The molecule has 1 aliphatic carbocycles. The zero-order chi connectivity index (χ0) is 15.6. The van der Waals surface area contributed by atoms with Crippen molar-refractivity contribution in [3.8, 4) is 0 Å². The highest BCUT2D eigenvalue weighted by Gasteiger charge is 2.37. The molecule has 1 N–H and O–H groups in total. The van der Waals surface area contributed by atoms with E-state index in [4.69, 9.17) is 0 Å². The van der Waals surface area contributed by atoms with Crippen LogP contribution in [0.2, 0.25) is 0 Å². The quantitative estimate of drug-likeness (QED) is 0.891. The molecule has 1 aromatic carbocycles. The molecule has 0 spiro atoms. The number of para-hydroxylation sites is 1. The predicted molar refractivity (Wildman–Crippen MR) is 90.8 cm³/mol. The smallest absolute Gasteiger partial charge is 0.0743 e. The van der Waals surface area contributed by atoms with Crippen molar-refractivity contribution < 1.29 is 5.11 Å². The molecular weight excluding hydrogens is 258 g/mol. The summed E-state index contributed by atoms with van der Waals surface area (Å²) in [6.07, 6.45) is 2.96. The summed E-state index contributed by atoms with van der Waals surface area (Å²) in [6, 6.07) is 8.78. The first kappa shape index (κ1) is 16.4. The second-order valence-electron chi connectivity index (χ2n) is 7.58. The topological polar surface area (TPSA) is 23.5 Å². The Balaban J connectivity index is 2.26. The molecule has 0 bridgehead atoms. The normalized spacial score (nSPS) is 26.7. The molecule has 0 amide bonds. The fourth-order valence-corrected chi connectivity index (χ4v) is 3.72. The molecule has 0 aromatic heterocycles. The molecule has 1 fully saturated rings. The molecule has 1 aliphatic rings. The van der Waals surface area contributed by atoms with Gasteiger partial charge in [0.1, 0.15) is 0 Å². The molecular formula is C19H31NO. The lowest BCUT2D eigenvalue weighted by Gasteiger charge is -2.45. The molecule has 3 unspecified atom stereocenters. The van der Waals surface area contributed by atoms with Gasteiger partial charge in [0.15, 0.2) is 0 Å². The average Bonchev–Trinajstić information content (AvgIpc) is 2.42. The van der Waals surface area contributed by atoms with Crippen LogP contribution in [0.3, 0.4) is 0 Å². The van der Waals surface area contributed by atoms with Crippen molar-refractivity contribution in [2.45, 2.75) is 66.0 Å². The average molecular weight is 289 g/mol. The summed E-state index contributed by atoms with van der Waals surface area (Å²) >= 11 is 0. The maximum atomic E-state index is 10.6. The molecule has 3 atom stereocenters. The first-order chi connectivity index (χ1) is 9.84. The summed E-state index contributed by atoms with van der Waals surface area (Å²) in [5, 5.41) is 10.6. The molecule has 21 heavy (non-hydrogen) atoms. The molecule has 0 heterocycles. The number of aliphatic hydroxyl groups excluding tert-OH is 1. The highest BCUT2D eigenvalue weighted by atomic mass is 16.3. The first-order valence-electron chi connectivity index (χ1n) is 8.35. The minimum atomic E-state index is -0.205. The number of hydrogen-bond acceptors (Lipinski definition) is 2. The summed E-state index contributed by atoms with van der Waals surface area (Å²) < 4.78 is 0. The maximum absolute atomic E-state index is 10.6. The third-order valence-electron chi connectivity index (χ3n) is 5.17. The van der Waals surface area contributed by atoms with Gasteiger partial charge in [0.05, 0.1) is 12.1 Å². The van der Waals surface area contributed by atoms with E-state index in [1.807, 2.05) is 0 Å². The van der Waals surface area contributed by atoms with Crippen LogP contribution >= 0.6 is 0 Å². The van der Waals surface area contributed by atoms with Gasteiger partial charge >= 0.3 is 0 Å². The van der Waals surface area contributed by atoms with E-state index < -0.39 is 0 Å². The minimum absolute atomic E-state index is 0.205. The number of hydrogen-bond donors (Lipinski definition) is 1. The van der Waals surface area contributed by atoms with Gasteiger partial charge in [-0.1, -0.05) is 39.0 Å². The lowest BCUT2D eigenvalue weighted by molar-refractivity contribution is 0.0506. The molecule has 118 valence electrons. The van der Waals surface area contributed by atoms with Crippen molar-refractivity contribution >= 4 is 5.69 Å². The largest absolute Gasteiger partial charge is 0.391 e. The Labute approximate surface area is 130 Å². The molecule has 1 saturated carbocycles. The van der Waals surface area contributed by atoms with Gasteiger partial charge < -0.3 is 10.0 Å². The predicted octanol–water partition coefficient (Wildman–Crippen LogP) is 4.40. The number of benzene rings is 1. The van der Waals surface area contributed by atoms with Crippen LogP contribution in [-0.4, -0.2) is 23.8 Å². The van der Waals surface area contributed by atoms with Crippen LogP contribution in [0.4, 0.5) is 5.69 Å². The third-order valence-corrected chi connectivity index (χ3v) is 5.17. The Morgan fingerprint density at radius 1 is 1.19 bits per heavy atom. The number of aliphatic hydroxyl groups is 1. The van der Waals surface area contributed by atoms with Crippen molar-refractivity contribution in [3.05, 3.63) is 29.8 Å². The minimum Gasteiger partial charge on any atom is -0.391 e. The second kappa shape index (κ2) is 6.39. The standard InChI is InChI=1S/C19H31NO/c1-6-20(16-10-8-7-9-14(16)2)17-13-15(19(3,4)5)11-12-18(17)21/h7-10,15,17-18,21H,6,11-13H2,1-5H3. The van der Waals surface area contributed by atoms with Gasteiger partial charge in [0, 0.05) is 12.2 Å². The number of likely N-dealkylation sites (N-methyl/N-ethyl adjacent to an activating group) is 1. The van der Waals surface area contributed by atoms with Crippen molar-refractivity contribution in [1.29, 1.82) is 0 Å². The molecule has 2 nitrogen and oxygen atoms in total. The molecule has 2 rings (SSSR count). The molecule has 0 aliphatic heterocycles. The summed E-state index contributed by atoms with van der Waals surface area (Å²) in [6.45, 7) is 12.3. The summed E-state index contributed by atoms with van der Waals surface area (Å²) in [7, 11) is 0. The van der Waals surface area contributed by atoms with E-state index in [9.17, 15) is 5.11 Å². The van der Waals surface area contributed by atoms with E-state index >= 15 is 0 Å². The molecule has 1 aromatic rings. The van der Waals surface area contributed by atoms with Gasteiger partial charge in [-0.25, -0.2) is 0 Å². The van der Waals surface area contributed by atoms with Gasteiger partial charge in [0.2, 0.25) is 0 Å². The lowest BCUT2D eigenvalue weighted by Crippen LogP contribution is -2.49. The number of rotatable bonds is 3. The summed E-state index contributed by atoms with van der Waals surface area (Å²) in [5.74, 6) is 0.684. The van der Waals surface area contributed by atoms with E-state index in [1.54, 1.807) is 0 Å². The first-order valence-corrected chi connectivity index (χ1v) is 8.35. The Kier molecular flexibility index (Phi) is 4.98. The van der Waals surface area contributed by atoms with Gasteiger partial charge in [-0.3, -0.25) is 0 Å². The van der Waals surface area contributed by atoms with Gasteiger partial charge in [0.25, 0.3) is 0 Å². The fourth-order valence-electron chi connectivity index (χ4n) is 3.72. The summed E-state index contributed by atoms with van der Waals surface area (Å²) in [4.78, 5) is 2.41. The lowest BCUT2D eigenvalue weighted by atomic mass is 9.70. The Bertz CT molecular complexity index is 463. The number of nitrogens with zero attached hydrogens (tertiary/aromatic N) is 1. The fraction of sp³-hybridized carbons (Fsp3) is 0.684. The number of aryl methyl sites for hydroxylation is 1. The molecule has 0 saturated heterocycles. The van der Waals surface area contributed by atoms with Crippen molar-refractivity contribution in [1.82, 2.24) is 0 Å². The Morgan fingerprint density at radius 2 is 1.86 bits per heavy atom. The van der Waals surface area contributed by atoms with Crippen LogP contribution in [0.1, 0.15) is 52.5 Å². The SMILES string of the molecule is CCN(c1ccccc1C)C1CC(C(C)(C)C)CCC1O. The zero-order valence-corrected chi connectivity index (χ0v) is 14.3. The van der Waals surface area contributed by atoms with Crippen molar-refractivity contribution in [3.63, 3.8) is 0 Å². The van der Waals surface area contributed by atoms with Gasteiger partial charge in [-0.2, -0.15) is 0 Å². The Hall–Kier alpha value is -1.02. The zero-order valence-electron chi connectivity index (χ0n) is 14.3. The van der Waals surface area contributed by atoms with E-state index in [2.05, 4.69) is 63.8 Å². The van der Waals surface area contributed by atoms with Crippen LogP contribution in [0.25, 0.3) is 0 Å². The van der Waals surface area contributed by atoms with Crippen molar-refractivity contribution in [2.75, 3.05) is 11.4 Å².